The molecule has 0 radical (unpaired) electrons. The van der Waals surface area contributed by atoms with Crippen LogP contribution in [0, 0.1) is 0 Å². The summed E-state index contributed by atoms with van der Waals surface area (Å²) in [6.07, 6.45) is 17.1. The van der Waals surface area contributed by atoms with Gasteiger partial charge in [-0.15, -0.1) is 0 Å². The minimum Gasteiger partial charge on any atom is -0.353 e. The van der Waals surface area contributed by atoms with E-state index >= 15 is 0 Å². The van der Waals surface area contributed by atoms with Crippen LogP contribution in [0.25, 0.3) is 17.0 Å². The van der Waals surface area contributed by atoms with Crippen LogP contribution in [-0.2, 0) is 11.3 Å². The lowest BCUT2D eigenvalue weighted by Crippen LogP contribution is -2.21. The molecule has 0 bridgehead atoms. The second kappa shape index (κ2) is 9.51. The van der Waals surface area contributed by atoms with Crippen molar-refractivity contribution in [3.05, 3.63) is 66.9 Å². The van der Waals surface area contributed by atoms with E-state index in [1.165, 1.54) is 10.9 Å². The van der Waals surface area contributed by atoms with Gasteiger partial charge in [0, 0.05) is 49.3 Å². The molecule has 0 spiro atoms. The van der Waals surface area contributed by atoms with Gasteiger partial charge in [0.2, 0.25) is 5.91 Å². The van der Waals surface area contributed by atoms with Crippen LogP contribution in [0.1, 0.15) is 31.2 Å². The average molecular weight is 348 g/mol. The average Bonchev–Trinajstić information content (AvgIpc) is 3.10. The van der Waals surface area contributed by atoms with Crippen LogP contribution in [0.4, 0.5) is 0 Å². The smallest absolute Gasteiger partial charge is 0.243 e. The molecule has 5 heteroatoms. The van der Waals surface area contributed by atoms with Crippen LogP contribution in [0.15, 0.2) is 61.3 Å². The van der Waals surface area contributed by atoms with Crippen LogP contribution in [0.3, 0.4) is 0 Å². The first-order valence-electron chi connectivity index (χ1n) is 9.08. The Balaban J connectivity index is 1.28. The summed E-state index contributed by atoms with van der Waals surface area (Å²) in [7, 11) is 0. The van der Waals surface area contributed by atoms with E-state index in [2.05, 4.69) is 32.1 Å². The van der Waals surface area contributed by atoms with Gasteiger partial charge in [-0.05, 0) is 42.7 Å². The summed E-state index contributed by atoms with van der Waals surface area (Å²) in [5, 5.41) is 4.16. The largest absolute Gasteiger partial charge is 0.353 e. The summed E-state index contributed by atoms with van der Waals surface area (Å²) >= 11 is 0. The Labute approximate surface area is 153 Å². The summed E-state index contributed by atoms with van der Waals surface area (Å²) < 4.78 is 2.26. The summed E-state index contributed by atoms with van der Waals surface area (Å²) in [5.74, 6) is -0.0554. The maximum absolute atomic E-state index is 11.8. The van der Waals surface area contributed by atoms with Gasteiger partial charge in [0.05, 0.1) is 11.7 Å². The molecule has 3 heterocycles. The molecule has 3 rings (SSSR count). The number of carbonyl (C=O) groups excluding carboxylic acids is 1. The fraction of sp³-hybridized carbons (Fsp3) is 0.286. The Bertz CT molecular complexity index is 855. The Hall–Kier alpha value is -2.95. The lowest BCUT2D eigenvalue weighted by Gasteiger charge is -2.06. The van der Waals surface area contributed by atoms with Gasteiger partial charge < -0.3 is 9.88 Å². The minimum absolute atomic E-state index is 0.0554. The summed E-state index contributed by atoms with van der Waals surface area (Å²) in [4.78, 5) is 20.0. The van der Waals surface area contributed by atoms with E-state index in [9.17, 15) is 4.79 Å². The van der Waals surface area contributed by atoms with Gasteiger partial charge in [0.15, 0.2) is 0 Å². The molecule has 0 saturated carbocycles. The van der Waals surface area contributed by atoms with E-state index in [4.69, 9.17) is 0 Å². The predicted octanol–water partition coefficient (Wildman–Crippen LogP) is 3.82. The highest BCUT2D eigenvalue weighted by Crippen LogP contribution is 2.14. The first-order chi connectivity index (χ1) is 12.8. The number of carbonyl (C=O) groups is 1. The fourth-order valence-electron chi connectivity index (χ4n) is 2.90. The van der Waals surface area contributed by atoms with E-state index in [1.807, 2.05) is 30.6 Å². The molecule has 0 aliphatic rings. The van der Waals surface area contributed by atoms with Gasteiger partial charge in [-0.25, -0.2) is 0 Å². The van der Waals surface area contributed by atoms with Gasteiger partial charge >= 0.3 is 0 Å². The maximum Gasteiger partial charge on any atom is 0.243 e. The number of nitrogens with one attached hydrogen (secondary N) is 1. The van der Waals surface area contributed by atoms with Crippen LogP contribution in [0.2, 0.25) is 0 Å². The second-order valence-electron chi connectivity index (χ2n) is 6.27. The minimum atomic E-state index is -0.0554. The SMILES string of the molecule is O=C(/C=C/c1cccnc1)NCCCCCCn1ccc2ccncc21. The van der Waals surface area contributed by atoms with E-state index in [0.717, 1.165) is 37.8 Å². The van der Waals surface area contributed by atoms with Gasteiger partial charge in [-0.1, -0.05) is 18.9 Å². The molecule has 26 heavy (non-hydrogen) atoms. The molecule has 1 N–H and O–H groups in total. The summed E-state index contributed by atoms with van der Waals surface area (Å²) in [6.45, 7) is 1.72. The third-order valence-electron chi connectivity index (χ3n) is 4.31. The van der Waals surface area contributed by atoms with E-state index in [1.54, 1.807) is 24.5 Å². The van der Waals surface area contributed by atoms with Crippen molar-refractivity contribution >= 4 is 22.9 Å². The lowest BCUT2D eigenvalue weighted by molar-refractivity contribution is -0.116. The summed E-state index contributed by atoms with van der Waals surface area (Å²) in [6, 6.07) is 7.94. The third kappa shape index (κ3) is 5.28. The molecule has 0 fully saturated rings. The standard InChI is InChI=1S/C21H24N4O/c26-21(8-7-18-6-5-11-22-16-18)24-12-3-1-2-4-14-25-15-10-19-9-13-23-17-20(19)25/h5-11,13,15-17H,1-4,12,14H2,(H,24,26)/b8-7+. The van der Waals surface area contributed by atoms with Crippen molar-refractivity contribution in [2.45, 2.75) is 32.2 Å². The highest BCUT2D eigenvalue weighted by molar-refractivity contribution is 5.91. The van der Waals surface area contributed by atoms with Crippen LogP contribution in [-0.4, -0.2) is 27.0 Å². The van der Waals surface area contributed by atoms with Crippen LogP contribution < -0.4 is 5.32 Å². The number of nitrogens with zero attached hydrogens (tertiary/aromatic N) is 3. The quantitative estimate of drug-likeness (QED) is 0.472. The first-order valence-corrected chi connectivity index (χ1v) is 9.08. The zero-order valence-corrected chi connectivity index (χ0v) is 14.8. The zero-order valence-electron chi connectivity index (χ0n) is 14.8. The van der Waals surface area contributed by atoms with E-state index < -0.39 is 0 Å². The molecule has 134 valence electrons. The van der Waals surface area contributed by atoms with Gasteiger partial charge in [-0.3, -0.25) is 14.8 Å². The molecule has 0 atom stereocenters. The van der Waals surface area contributed by atoms with Crippen molar-refractivity contribution in [1.82, 2.24) is 19.9 Å². The number of unbranched alkanes of at least 4 members (excludes halogenated alkanes) is 3. The highest BCUT2D eigenvalue weighted by atomic mass is 16.1. The van der Waals surface area contributed by atoms with Crippen molar-refractivity contribution in [3.63, 3.8) is 0 Å². The Morgan fingerprint density at radius 2 is 1.92 bits per heavy atom. The van der Waals surface area contributed by atoms with E-state index in [0.29, 0.717) is 6.54 Å². The molecular weight excluding hydrogens is 324 g/mol. The predicted molar refractivity (Wildman–Crippen MR) is 104 cm³/mol. The van der Waals surface area contributed by atoms with E-state index in [-0.39, 0.29) is 5.91 Å². The number of hydrogen-bond donors (Lipinski definition) is 1. The van der Waals surface area contributed by atoms with Crippen molar-refractivity contribution in [2.75, 3.05) is 6.54 Å². The normalized spacial score (nSPS) is 11.2. The molecule has 0 aliphatic heterocycles. The molecular formula is C21H24N4O. The number of amides is 1. The number of aryl methyl sites for hydroxylation is 1. The third-order valence-corrected chi connectivity index (χ3v) is 4.31. The monoisotopic (exact) mass is 348 g/mol. The molecule has 3 aromatic heterocycles. The Morgan fingerprint density at radius 1 is 1.04 bits per heavy atom. The number of pyridine rings is 2. The highest BCUT2D eigenvalue weighted by Gasteiger charge is 2.00. The molecule has 0 saturated heterocycles. The van der Waals surface area contributed by atoms with Crippen molar-refractivity contribution in [1.29, 1.82) is 0 Å². The van der Waals surface area contributed by atoms with Gasteiger partial charge in [0.1, 0.15) is 0 Å². The maximum atomic E-state index is 11.8. The first kappa shape index (κ1) is 17.9. The molecule has 0 aliphatic carbocycles. The Morgan fingerprint density at radius 3 is 2.81 bits per heavy atom. The number of rotatable bonds is 9. The molecule has 0 unspecified atom stereocenters. The number of hydrogen-bond acceptors (Lipinski definition) is 3. The van der Waals surface area contributed by atoms with Crippen molar-refractivity contribution in [2.24, 2.45) is 0 Å². The number of fused-ring (bicyclic) bond motifs is 1. The molecule has 1 amide bonds. The molecule has 5 nitrogen and oxygen atoms in total. The zero-order chi connectivity index (χ0) is 18.0. The number of aromatic nitrogens is 3. The molecule has 0 aromatic carbocycles. The van der Waals surface area contributed by atoms with Gasteiger partial charge in [0.25, 0.3) is 0 Å². The lowest BCUT2D eigenvalue weighted by atomic mass is 10.2. The second-order valence-corrected chi connectivity index (χ2v) is 6.27. The van der Waals surface area contributed by atoms with Gasteiger partial charge in [-0.2, -0.15) is 0 Å². The van der Waals surface area contributed by atoms with Crippen LogP contribution in [0.5, 0.6) is 0 Å². The fourth-order valence-corrected chi connectivity index (χ4v) is 2.90. The van der Waals surface area contributed by atoms with Crippen molar-refractivity contribution < 1.29 is 4.79 Å². The Kier molecular flexibility index (Phi) is 6.53. The topological polar surface area (TPSA) is 59.8 Å². The van der Waals surface area contributed by atoms with Crippen LogP contribution >= 0.6 is 0 Å². The van der Waals surface area contributed by atoms with Crippen molar-refractivity contribution in [3.8, 4) is 0 Å². The summed E-state index contributed by atoms with van der Waals surface area (Å²) in [5.41, 5.74) is 2.12. The molecule has 3 aromatic rings.